The summed E-state index contributed by atoms with van der Waals surface area (Å²) in [6.07, 6.45) is -0.112. The Hall–Kier alpha value is -2.67. The maximum atomic E-state index is 12.7. The molecule has 0 unspecified atom stereocenters. The van der Waals surface area contributed by atoms with Crippen LogP contribution in [0, 0.1) is 0 Å². The highest BCUT2D eigenvalue weighted by Gasteiger charge is 2.28. The van der Waals surface area contributed by atoms with E-state index in [-0.39, 0.29) is 17.4 Å². The molecule has 158 valence electrons. The van der Waals surface area contributed by atoms with Gasteiger partial charge in [-0.1, -0.05) is 17.3 Å². The van der Waals surface area contributed by atoms with Crippen molar-refractivity contribution in [2.24, 2.45) is 0 Å². The number of benzene rings is 1. The molecule has 0 N–H and O–H groups in total. The van der Waals surface area contributed by atoms with E-state index in [1.807, 2.05) is 0 Å². The first-order valence-electron chi connectivity index (χ1n) is 9.10. The molecule has 3 aromatic rings. The molecule has 10 nitrogen and oxygen atoms in total. The lowest BCUT2D eigenvalue weighted by atomic mass is 10.2. The molecule has 3 heterocycles. The van der Waals surface area contributed by atoms with Crippen LogP contribution in [-0.2, 0) is 37.4 Å². The third-order valence-electron chi connectivity index (χ3n) is 4.50. The SMILES string of the molecule is O=C(Cc1ccc(S(=O)(=O)N2CCOCC2)s1)OCn1nnc2ccccc2c1=O. The normalized spacial score (nSPS) is 15.3. The lowest BCUT2D eigenvalue weighted by Crippen LogP contribution is -2.40. The van der Waals surface area contributed by atoms with Crippen LogP contribution in [0.5, 0.6) is 0 Å². The Kier molecular flexibility index (Phi) is 5.90. The molecule has 0 aliphatic carbocycles. The van der Waals surface area contributed by atoms with Crippen LogP contribution in [0.2, 0.25) is 0 Å². The number of esters is 1. The van der Waals surface area contributed by atoms with Crippen LogP contribution >= 0.6 is 11.3 Å². The van der Waals surface area contributed by atoms with Crippen molar-refractivity contribution in [1.82, 2.24) is 19.3 Å². The summed E-state index contributed by atoms with van der Waals surface area (Å²) in [4.78, 5) is 25.1. The minimum atomic E-state index is -3.60. The molecule has 1 aromatic carbocycles. The number of hydrogen-bond donors (Lipinski definition) is 0. The summed E-state index contributed by atoms with van der Waals surface area (Å²) in [6.45, 7) is 0.958. The second-order valence-electron chi connectivity index (χ2n) is 6.47. The van der Waals surface area contributed by atoms with E-state index in [1.54, 1.807) is 30.3 Å². The molecule has 1 fully saturated rings. The van der Waals surface area contributed by atoms with Gasteiger partial charge in [0.25, 0.3) is 15.6 Å². The molecule has 0 bridgehead atoms. The van der Waals surface area contributed by atoms with Crippen molar-refractivity contribution >= 4 is 38.2 Å². The molecule has 0 atom stereocenters. The van der Waals surface area contributed by atoms with Crippen LogP contribution in [0.1, 0.15) is 4.88 Å². The number of nitrogens with zero attached hydrogens (tertiary/aromatic N) is 4. The van der Waals surface area contributed by atoms with Crippen LogP contribution in [0.4, 0.5) is 0 Å². The first-order chi connectivity index (χ1) is 14.4. The number of thiophene rings is 1. The van der Waals surface area contributed by atoms with Gasteiger partial charge in [0.05, 0.1) is 25.0 Å². The molecule has 2 aromatic heterocycles. The zero-order chi connectivity index (χ0) is 21.1. The van der Waals surface area contributed by atoms with Crippen molar-refractivity contribution in [2.45, 2.75) is 17.4 Å². The standard InChI is InChI=1S/C18H18N4O6S2/c23-16(28-12-22-18(24)14-3-1-2-4-15(14)19-20-22)11-13-5-6-17(29-13)30(25,26)21-7-9-27-10-8-21/h1-6H,7-12H2. The van der Waals surface area contributed by atoms with Crippen LogP contribution in [0.25, 0.3) is 10.9 Å². The number of ether oxygens (including phenoxy) is 2. The summed E-state index contributed by atoms with van der Waals surface area (Å²) in [6, 6.07) is 9.81. The van der Waals surface area contributed by atoms with Crippen LogP contribution < -0.4 is 5.56 Å². The molecule has 0 radical (unpaired) electrons. The summed E-state index contributed by atoms with van der Waals surface area (Å²) in [5.74, 6) is -0.603. The summed E-state index contributed by atoms with van der Waals surface area (Å²) in [7, 11) is -3.60. The highest BCUT2D eigenvalue weighted by atomic mass is 32.2. The number of aromatic nitrogens is 3. The molecule has 0 amide bonds. The number of carbonyl (C=O) groups excluding carboxylic acids is 1. The number of fused-ring (bicyclic) bond motifs is 1. The van der Waals surface area contributed by atoms with Gasteiger partial charge >= 0.3 is 5.97 Å². The first-order valence-corrected chi connectivity index (χ1v) is 11.4. The van der Waals surface area contributed by atoms with Gasteiger partial charge in [-0.15, -0.1) is 16.4 Å². The minimum absolute atomic E-state index is 0.112. The minimum Gasteiger partial charge on any atom is -0.442 e. The number of sulfonamides is 1. The van der Waals surface area contributed by atoms with E-state index in [0.717, 1.165) is 16.0 Å². The molecule has 0 saturated carbocycles. The average Bonchev–Trinajstić information content (AvgIpc) is 3.23. The second kappa shape index (κ2) is 8.60. The zero-order valence-corrected chi connectivity index (χ0v) is 17.4. The van der Waals surface area contributed by atoms with Crippen molar-refractivity contribution in [3.8, 4) is 0 Å². The van der Waals surface area contributed by atoms with Gasteiger partial charge in [0, 0.05) is 18.0 Å². The Labute approximate surface area is 175 Å². The lowest BCUT2D eigenvalue weighted by Gasteiger charge is -2.25. The van der Waals surface area contributed by atoms with Crippen molar-refractivity contribution in [1.29, 1.82) is 0 Å². The Balaban J connectivity index is 1.39. The molecule has 0 spiro atoms. The molecular weight excluding hydrogens is 432 g/mol. The van der Waals surface area contributed by atoms with Gasteiger partial charge in [0.2, 0.25) is 0 Å². The maximum Gasteiger partial charge on any atom is 0.312 e. The summed E-state index contributed by atoms with van der Waals surface area (Å²) < 4.78 is 38.1. The van der Waals surface area contributed by atoms with E-state index in [2.05, 4.69) is 10.3 Å². The Morgan fingerprint density at radius 1 is 1.17 bits per heavy atom. The molecule has 1 aliphatic heterocycles. The lowest BCUT2D eigenvalue weighted by molar-refractivity contribution is -0.147. The Morgan fingerprint density at radius 3 is 2.73 bits per heavy atom. The fourth-order valence-electron chi connectivity index (χ4n) is 2.94. The monoisotopic (exact) mass is 450 g/mol. The predicted molar refractivity (Wildman–Crippen MR) is 107 cm³/mol. The van der Waals surface area contributed by atoms with Gasteiger partial charge in [-0.3, -0.25) is 9.59 Å². The van der Waals surface area contributed by atoms with E-state index >= 15 is 0 Å². The van der Waals surface area contributed by atoms with Crippen LogP contribution in [0.15, 0.2) is 45.4 Å². The summed E-state index contributed by atoms with van der Waals surface area (Å²) >= 11 is 1.02. The van der Waals surface area contributed by atoms with Crippen LogP contribution in [0.3, 0.4) is 0 Å². The Morgan fingerprint density at radius 2 is 1.93 bits per heavy atom. The molecular formula is C18H18N4O6S2. The van der Waals surface area contributed by atoms with Gasteiger partial charge in [-0.25, -0.2) is 8.42 Å². The molecule has 4 rings (SSSR count). The maximum absolute atomic E-state index is 12.7. The molecule has 1 aliphatic rings. The van der Waals surface area contributed by atoms with E-state index in [1.165, 1.54) is 10.4 Å². The Bertz CT molecular complexity index is 1230. The summed E-state index contributed by atoms with van der Waals surface area (Å²) in [5, 5.41) is 8.06. The first kappa shape index (κ1) is 20.6. The average molecular weight is 450 g/mol. The number of hydrogen-bond acceptors (Lipinski definition) is 9. The number of morpholine rings is 1. The highest BCUT2D eigenvalue weighted by molar-refractivity contribution is 7.91. The van der Waals surface area contributed by atoms with Crippen molar-refractivity contribution < 1.29 is 22.7 Å². The zero-order valence-electron chi connectivity index (χ0n) is 15.8. The fraction of sp³-hybridized carbons (Fsp3) is 0.333. The van der Waals surface area contributed by atoms with Crippen LogP contribution in [-0.4, -0.2) is 60.0 Å². The van der Waals surface area contributed by atoms with Gasteiger partial charge in [-0.05, 0) is 24.3 Å². The van der Waals surface area contributed by atoms with Gasteiger partial charge < -0.3 is 9.47 Å². The van der Waals surface area contributed by atoms with E-state index < -0.39 is 21.6 Å². The quantitative estimate of drug-likeness (QED) is 0.501. The van der Waals surface area contributed by atoms with Crippen molar-refractivity contribution in [2.75, 3.05) is 26.3 Å². The van der Waals surface area contributed by atoms with Gasteiger partial charge in [0.1, 0.15) is 9.73 Å². The fourth-order valence-corrected chi connectivity index (χ4v) is 5.84. The third kappa shape index (κ3) is 4.26. The van der Waals surface area contributed by atoms with E-state index in [0.29, 0.717) is 42.1 Å². The third-order valence-corrected chi connectivity index (χ3v) is 7.95. The highest BCUT2D eigenvalue weighted by Crippen LogP contribution is 2.26. The topological polar surface area (TPSA) is 121 Å². The number of carbonyl (C=O) groups is 1. The van der Waals surface area contributed by atoms with Crippen molar-refractivity contribution in [3.63, 3.8) is 0 Å². The predicted octanol–water partition coefficient (Wildman–Crippen LogP) is 0.617. The van der Waals surface area contributed by atoms with E-state index in [4.69, 9.17) is 9.47 Å². The van der Waals surface area contributed by atoms with Gasteiger partial charge in [0.15, 0.2) is 6.73 Å². The molecule has 30 heavy (non-hydrogen) atoms. The smallest absolute Gasteiger partial charge is 0.312 e. The van der Waals surface area contributed by atoms with Gasteiger partial charge in [-0.2, -0.15) is 8.99 Å². The van der Waals surface area contributed by atoms with Crippen molar-refractivity contribution in [3.05, 3.63) is 51.6 Å². The van der Waals surface area contributed by atoms with E-state index in [9.17, 15) is 18.0 Å². The largest absolute Gasteiger partial charge is 0.442 e. The second-order valence-corrected chi connectivity index (χ2v) is 9.80. The molecule has 12 heteroatoms. The number of rotatable bonds is 6. The summed E-state index contributed by atoms with van der Waals surface area (Å²) in [5.41, 5.74) is 0.0427. The molecule has 1 saturated heterocycles.